The van der Waals surface area contributed by atoms with Crippen LogP contribution in [0.4, 0.5) is 52.7 Å². The molecule has 0 N–H and O–H groups in total. The van der Waals surface area contributed by atoms with Gasteiger partial charge < -0.3 is 0 Å². The van der Waals surface area contributed by atoms with Gasteiger partial charge in [-0.1, -0.05) is 0 Å². The summed E-state index contributed by atoms with van der Waals surface area (Å²) >= 11 is 0. The smallest absolute Gasteiger partial charge is 0.285 e. The summed E-state index contributed by atoms with van der Waals surface area (Å²) in [5, 5.41) is 0. The first-order valence-corrected chi connectivity index (χ1v) is 4.51. The van der Waals surface area contributed by atoms with Gasteiger partial charge in [0.2, 0.25) is 0 Å². The number of halogens is 12. The van der Waals surface area contributed by atoms with Crippen LogP contribution in [0.15, 0.2) is 0 Å². The van der Waals surface area contributed by atoms with E-state index in [9.17, 15) is 52.7 Å². The van der Waals surface area contributed by atoms with Gasteiger partial charge >= 0.3 is 31.4 Å². The van der Waals surface area contributed by atoms with Crippen molar-refractivity contribution in [3.05, 3.63) is 0 Å². The highest BCUT2D eigenvalue weighted by Gasteiger charge is 2.60. The summed E-state index contributed by atoms with van der Waals surface area (Å²) in [6.07, 6.45) is -14.9. The maximum atomic E-state index is 12.2. The second-order valence-electron chi connectivity index (χ2n) is 2.78. The molecule has 0 saturated heterocycles. The zero-order chi connectivity index (χ0) is 18.2. The molecular weight excluding hydrogens is 360 g/mol. The van der Waals surface area contributed by atoms with Crippen LogP contribution in [0.2, 0.25) is 0 Å². The van der Waals surface area contributed by atoms with E-state index in [2.05, 4.69) is 14.2 Å². The fraction of sp³-hybridized carbons (Fsp3) is 1.00. The highest BCUT2D eigenvalue weighted by Crippen LogP contribution is 2.36. The van der Waals surface area contributed by atoms with Gasteiger partial charge in [-0.05, 0) is 0 Å². The molecule has 0 aromatic rings. The van der Waals surface area contributed by atoms with Gasteiger partial charge in [0, 0.05) is 0 Å². The third kappa shape index (κ3) is 8.47. The van der Waals surface area contributed by atoms with E-state index in [4.69, 9.17) is 0 Å². The molecule has 0 aromatic heterocycles. The van der Waals surface area contributed by atoms with Gasteiger partial charge in [-0.25, -0.2) is 17.6 Å². The summed E-state index contributed by atoms with van der Waals surface area (Å²) < 4.78 is 144. The molecule has 0 aliphatic heterocycles. The SMILES string of the molecule is FC(F)OC(F)(F)C(F)F.FCOC(F)(OCF)C(F)(F)F. The summed E-state index contributed by atoms with van der Waals surface area (Å²) in [5.74, 6) is 0. The van der Waals surface area contributed by atoms with Crippen molar-refractivity contribution in [1.29, 1.82) is 0 Å². The average molecular weight is 366 g/mol. The lowest BCUT2D eigenvalue weighted by atomic mass is 10.6. The van der Waals surface area contributed by atoms with E-state index >= 15 is 0 Å². The van der Waals surface area contributed by atoms with Crippen LogP contribution in [0.5, 0.6) is 0 Å². The zero-order valence-corrected chi connectivity index (χ0v) is 9.83. The monoisotopic (exact) mass is 366 g/mol. The summed E-state index contributed by atoms with van der Waals surface area (Å²) in [5.41, 5.74) is 0. The summed E-state index contributed by atoms with van der Waals surface area (Å²) in [6.45, 7) is -8.05. The molecule has 0 aliphatic rings. The average Bonchev–Trinajstić information content (AvgIpc) is 2.26. The van der Waals surface area contributed by atoms with Crippen LogP contribution in [0, 0.1) is 0 Å². The van der Waals surface area contributed by atoms with Crippen LogP contribution < -0.4 is 0 Å². The van der Waals surface area contributed by atoms with Crippen molar-refractivity contribution in [3.8, 4) is 0 Å². The van der Waals surface area contributed by atoms with Crippen LogP contribution in [-0.2, 0) is 14.2 Å². The van der Waals surface area contributed by atoms with E-state index < -0.39 is 45.1 Å². The number of hydrogen-bond donors (Lipinski definition) is 0. The van der Waals surface area contributed by atoms with E-state index in [0.717, 1.165) is 0 Å². The van der Waals surface area contributed by atoms with Crippen molar-refractivity contribution < 1.29 is 66.9 Å². The highest BCUT2D eigenvalue weighted by molar-refractivity contribution is 4.64. The van der Waals surface area contributed by atoms with Crippen LogP contribution >= 0.6 is 0 Å². The molecule has 0 aromatic carbocycles. The Morgan fingerprint density at radius 1 is 0.727 bits per heavy atom. The summed E-state index contributed by atoms with van der Waals surface area (Å²) in [6, 6.07) is -4.71. The van der Waals surface area contributed by atoms with Gasteiger partial charge in [-0.3, -0.25) is 14.2 Å². The van der Waals surface area contributed by atoms with Gasteiger partial charge in [-0.15, -0.1) is 0 Å². The molecule has 0 radical (unpaired) electrons. The number of rotatable bonds is 7. The molecule has 15 heteroatoms. The van der Waals surface area contributed by atoms with Gasteiger partial charge in [0.1, 0.15) is 0 Å². The molecule has 0 rings (SSSR count). The fourth-order valence-electron chi connectivity index (χ4n) is 0.516. The molecule has 0 unspecified atom stereocenters. The van der Waals surface area contributed by atoms with Crippen molar-refractivity contribution in [2.24, 2.45) is 0 Å². The minimum atomic E-state index is -5.63. The predicted molar refractivity (Wildman–Crippen MR) is 42.1 cm³/mol. The first-order valence-electron chi connectivity index (χ1n) is 4.51. The molecule has 0 heterocycles. The van der Waals surface area contributed by atoms with Crippen molar-refractivity contribution >= 4 is 0 Å². The lowest BCUT2D eigenvalue weighted by molar-refractivity contribution is -0.450. The maximum Gasteiger partial charge on any atom is 0.478 e. The minimum Gasteiger partial charge on any atom is -0.285 e. The van der Waals surface area contributed by atoms with E-state index in [1.807, 2.05) is 0 Å². The first kappa shape index (κ1) is 23.3. The Labute approximate surface area is 113 Å². The van der Waals surface area contributed by atoms with E-state index in [0.29, 0.717) is 0 Å². The largest absolute Gasteiger partial charge is 0.478 e. The van der Waals surface area contributed by atoms with Gasteiger partial charge in [0.15, 0.2) is 13.7 Å². The molecule has 0 saturated carbocycles. The molecule has 0 bridgehead atoms. The molecule has 22 heavy (non-hydrogen) atoms. The fourth-order valence-corrected chi connectivity index (χ4v) is 0.516. The molecular formula is C7H6F12O3. The maximum absolute atomic E-state index is 12.2. The van der Waals surface area contributed by atoms with Crippen LogP contribution in [0.3, 0.4) is 0 Å². The molecule has 3 nitrogen and oxygen atoms in total. The van der Waals surface area contributed by atoms with Gasteiger partial charge in [0.05, 0.1) is 0 Å². The molecule has 136 valence electrons. The van der Waals surface area contributed by atoms with Crippen LogP contribution in [0.1, 0.15) is 0 Å². The third-order valence-corrected chi connectivity index (χ3v) is 1.32. The Balaban J connectivity index is 0. The summed E-state index contributed by atoms with van der Waals surface area (Å²) in [4.78, 5) is 0. The predicted octanol–water partition coefficient (Wildman–Crippen LogP) is 4.14. The Morgan fingerprint density at radius 2 is 1.09 bits per heavy atom. The number of ether oxygens (including phenoxy) is 3. The lowest BCUT2D eigenvalue weighted by Crippen LogP contribution is -2.45. The third-order valence-electron chi connectivity index (χ3n) is 1.32. The van der Waals surface area contributed by atoms with Crippen molar-refractivity contribution in [2.45, 2.75) is 31.4 Å². The molecule has 0 spiro atoms. The normalized spacial score (nSPS) is 13.4. The van der Waals surface area contributed by atoms with Crippen molar-refractivity contribution in [3.63, 3.8) is 0 Å². The number of hydrogen-bond acceptors (Lipinski definition) is 3. The lowest BCUT2D eigenvalue weighted by Gasteiger charge is -2.24. The molecule has 0 fully saturated rings. The minimum absolute atomic E-state index is 2.07. The Morgan fingerprint density at radius 3 is 1.23 bits per heavy atom. The summed E-state index contributed by atoms with van der Waals surface area (Å²) in [7, 11) is 0. The Kier molecular flexibility index (Phi) is 9.79. The van der Waals surface area contributed by atoms with E-state index in [-0.39, 0.29) is 0 Å². The quantitative estimate of drug-likeness (QED) is 0.501. The van der Waals surface area contributed by atoms with E-state index in [1.54, 1.807) is 0 Å². The topological polar surface area (TPSA) is 27.7 Å². The van der Waals surface area contributed by atoms with Crippen molar-refractivity contribution in [2.75, 3.05) is 13.7 Å². The molecule has 0 atom stereocenters. The molecule has 0 aliphatic carbocycles. The Bertz CT molecular complexity index is 287. The van der Waals surface area contributed by atoms with Crippen LogP contribution in [-0.4, -0.2) is 45.1 Å². The van der Waals surface area contributed by atoms with Crippen LogP contribution in [0.25, 0.3) is 0 Å². The highest BCUT2D eigenvalue weighted by atomic mass is 19.4. The van der Waals surface area contributed by atoms with Crippen molar-refractivity contribution in [1.82, 2.24) is 0 Å². The number of alkyl halides is 12. The second-order valence-corrected chi connectivity index (χ2v) is 2.78. The standard InChI is InChI=1S/C4H4F6O2.C3H2F6O/c5-1-11-4(10,12-2-6)3(7,8)9;4-1(5)3(8,9)10-2(6)7/h1-2H2;1-2H. The van der Waals surface area contributed by atoms with E-state index in [1.165, 1.54) is 0 Å². The van der Waals surface area contributed by atoms with Gasteiger partial charge in [0.25, 0.3) is 0 Å². The van der Waals surface area contributed by atoms with Gasteiger partial charge in [-0.2, -0.15) is 35.1 Å². The Hall–Kier alpha value is -0.960. The second kappa shape index (κ2) is 9.24. The molecule has 0 amide bonds. The zero-order valence-electron chi connectivity index (χ0n) is 9.83. The first-order chi connectivity index (χ1) is 9.73.